The van der Waals surface area contributed by atoms with Crippen molar-refractivity contribution in [2.45, 2.75) is 6.18 Å². The molecule has 0 unspecified atom stereocenters. The van der Waals surface area contributed by atoms with Crippen LogP contribution < -0.4 is 10.6 Å². The second kappa shape index (κ2) is 5.38. The van der Waals surface area contributed by atoms with Crippen molar-refractivity contribution in [1.82, 2.24) is 0 Å². The van der Waals surface area contributed by atoms with Crippen LogP contribution in [0.15, 0.2) is 12.1 Å². The second-order valence-corrected chi connectivity index (χ2v) is 3.59. The minimum Gasteiger partial charge on any atom is -0.397 e. The highest BCUT2D eigenvalue weighted by atomic mass is 19.4. The van der Waals surface area contributed by atoms with Gasteiger partial charge in [0.1, 0.15) is 6.54 Å². The van der Waals surface area contributed by atoms with Crippen molar-refractivity contribution >= 4 is 11.4 Å². The molecule has 0 aliphatic carbocycles. The lowest BCUT2D eigenvalue weighted by molar-refractivity contribution is -0.119. The maximum absolute atomic E-state index is 13.0. The number of hydrogen-bond donors (Lipinski definition) is 2. The molecule has 0 aliphatic rings. The van der Waals surface area contributed by atoms with E-state index in [1.54, 1.807) is 0 Å². The zero-order chi connectivity index (χ0) is 13.9. The number of nitrogen functional groups attached to an aromatic ring is 1. The van der Waals surface area contributed by atoms with Gasteiger partial charge in [0.15, 0.2) is 11.6 Å². The summed E-state index contributed by atoms with van der Waals surface area (Å²) in [5, 5.41) is 8.69. The van der Waals surface area contributed by atoms with Crippen LogP contribution in [0, 0.1) is 11.6 Å². The summed E-state index contributed by atoms with van der Waals surface area (Å²) in [6.45, 7) is -2.38. The minimum atomic E-state index is -4.55. The van der Waals surface area contributed by atoms with E-state index in [0.717, 1.165) is 0 Å². The van der Waals surface area contributed by atoms with Crippen molar-refractivity contribution < 1.29 is 27.1 Å². The standard InChI is InChI=1S/C10H11F5N2O/c11-6-3-8(16)9(4-7(6)12)17(1-2-18)5-10(13,14)15/h3-4,18H,1-2,5,16H2. The predicted octanol–water partition coefficient (Wildman–Crippen LogP) is 1.91. The lowest BCUT2D eigenvalue weighted by atomic mass is 10.2. The Morgan fingerprint density at radius 3 is 2.22 bits per heavy atom. The van der Waals surface area contributed by atoms with Gasteiger partial charge in [-0.2, -0.15) is 13.2 Å². The Morgan fingerprint density at radius 1 is 1.17 bits per heavy atom. The highest BCUT2D eigenvalue weighted by molar-refractivity contribution is 5.67. The molecule has 18 heavy (non-hydrogen) atoms. The van der Waals surface area contributed by atoms with Gasteiger partial charge in [-0.15, -0.1) is 0 Å². The first kappa shape index (κ1) is 14.5. The number of alkyl halides is 3. The summed E-state index contributed by atoms with van der Waals surface area (Å²) in [5.74, 6) is -2.54. The molecule has 0 aromatic heterocycles. The third kappa shape index (κ3) is 3.73. The molecule has 0 atom stereocenters. The van der Waals surface area contributed by atoms with Crippen LogP contribution in [0.1, 0.15) is 0 Å². The lowest BCUT2D eigenvalue weighted by Gasteiger charge is -2.26. The molecule has 1 rings (SSSR count). The first-order valence-electron chi connectivity index (χ1n) is 4.91. The molecule has 1 aromatic rings. The average molecular weight is 270 g/mol. The quantitative estimate of drug-likeness (QED) is 0.649. The topological polar surface area (TPSA) is 49.5 Å². The molecule has 3 N–H and O–H groups in total. The maximum atomic E-state index is 13.0. The third-order valence-electron chi connectivity index (χ3n) is 2.15. The summed E-state index contributed by atoms with van der Waals surface area (Å²) in [5.41, 5.74) is 4.71. The minimum absolute atomic E-state index is 0.305. The monoisotopic (exact) mass is 270 g/mol. The van der Waals surface area contributed by atoms with E-state index in [9.17, 15) is 22.0 Å². The Hall–Kier alpha value is -1.57. The predicted molar refractivity (Wildman–Crippen MR) is 56.1 cm³/mol. The van der Waals surface area contributed by atoms with E-state index >= 15 is 0 Å². The van der Waals surface area contributed by atoms with Gasteiger partial charge >= 0.3 is 6.18 Å². The normalized spacial score (nSPS) is 11.7. The van der Waals surface area contributed by atoms with E-state index < -0.39 is 37.5 Å². The first-order chi connectivity index (χ1) is 8.24. The Balaban J connectivity index is 3.09. The molecule has 0 fully saturated rings. The summed E-state index contributed by atoms with van der Waals surface area (Å²) in [6.07, 6.45) is -4.55. The molecule has 3 nitrogen and oxygen atoms in total. The Kier molecular flexibility index (Phi) is 4.33. The zero-order valence-electron chi connectivity index (χ0n) is 9.14. The number of halogens is 5. The highest BCUT2D eigenvalue weighted by Crippen LogP contribution is 2.28. The van der Waals surface area contributed by atoms with Gasteiger partial charge in [0.05, 0.1) is 18.0 Å². The second-order valence-electron chi connectivity index (χ2n) is 3.59. The summed E-state index contributed by atoms with van der Waals surface area (Å²) in [7, 11) is 0. The van der Waals surface area contributed by atoms with E-state index in [-0.39, 0.29) is 11.4 Å². The number of anilines is 2. The molecule has 0 saturated heterocycles. The molecule has 0 amide bonds. The molecule has 0 saturated carbocycles. The van der Waals surface area contributed by atoms with Crippen LogP contribution in [0.5, 0.6) is 0 Å². The number of aliphatic hydroxyl groups excluding tert-OH is 1. The number of nitrogens with zero attached hydrogens (tertiary/aromatic N) is 1. The van der Waals surface area contributed by atoms with Gasteiger partial charge in [-0.05, 0) is 0 Å². The highest BCUT2D eigenvalue weighted by Gasteiger charge is 2.31. The van der Waals surface area contributed by atoms with Crippen molar-refractivity contribution in [2.75, 3.05) is 30.3 Å². The fourth-order valence-electron chi connectivity index (χ4n) is 1.45. The van der Waals surface area contributed by atoms with Crippen LogP contribution >= 0.6 is 0 Å². The molecule has 0 radical (unpaired) electrons. The van der Waals surface area contributed by atoms with Crippen LogP contribution in [0.2, 0.25) is 0 Å². The van der Waals surface area contributed by atoms with Gasteiger partial charge in [-0.25, -0.2) is 8.78 Å². The van der Waals surface area contributed by atoms with Crippen LogP contribution in [-0.2, 0) is 0 Å². The van der Waals surface area contributed by atoms with Crippen molar-refractivity contribution in [3.8, 4) is 0 Å². The molecular weight excluding hydrogens is 259 g/mol. The van der Waals surface area contributed by atoms with Crippen molar-refractivity contribution in [3.05, 3.63) is 23.8 Å². The van der Waals surface area contributed by atoms with Crippen molar-refractivity contribution in [1.29, 1.82) is 0 Å². The van der Waals surface area contributed by atoms with Gasteiger partial charge in [0, 0.05) is 18.7 Å². The summed E-state index contributed by atoms with van der Waals surface area (Å²) in [6, 6.07) is 1.18. The van der Waals surface area contributed by atoms with E-state index in [1.165, 1.54) is 0 Å². The van der Waals surface area contributed by atoms with Gasteiger partial charge in [-0.1, -0.05) is 0 Å². The summed E-state index contributed by atoms with van der Waals surface area (Å²) >= 11 is 0. The third-order valence-corrected chi connectivity index (χ3v) is 2.15. The fourth-order valence-corrected chi connectivity index (χ4v) is 1.45. The Labute approximate surface area is 99.6 Å². The Morgan fingerprint density at radius 2 is 1.72 bits per heavy atom. The number of benzene rings is 1. The molecule has 1 aromatic carbocycles. The van der Waals surface area contributed by atoms with E-state index in [4.69, 9.17) is 10.8 Å². The summed E-state index contributed by atoms with van der Waals surface area (Å²) in [4.78, 5) is 0.637. The smallest absolute Gasteiger partial charge is 0.397 e. The molecule has 8 heteroatoms. The van der Waals surface area contributed by atoms with Gasteiger partial charge in [0.25, 0.3) is 0 Å². The Bertz CT molecular complexity index is 421. The van der Waals surface area contributed by atoms with Crippen LogP contribution in [0.4, 0.5) is 33.3 Å². The SMILES string of the molecule is Nc1cc(F)c(F)cc1N(CCO)CC(F)(F)F. The number of hydrogen-bond acceptors (Lipinski definition) is 3. The molecule has 0 heterocycles. The molecular formula is C10H11F5N2O. The van der Waals surface area contributed by atoms with Gasteiger partial charge in [-0.3, -0.25) is 0 Å². The number of nitrogens with two attached hydrogens (primary N) is 1. The fraction of sp³-hybridized carbons (Fsp3) is 0.400. The maximum Gasteiger partial charge on any atom is 0.405 e. The van der Waals surface area contributed by atoms with E-state index in [0.29, 0.717) is 17.0 Å². The molecule has 0 aliphatic heterocycles. The lowest BCUT2D eigenvalue weighted by Crippen LogP contribution is -2.36. The number of aliphatic hydroxyl groups is 1. The average Bonchev–Trinajstić information content (AvgIpc) is 2.21. The molecule has 0 bridgehead atoms. The van der Waals surface area contributed by atoms with Gasteiger partial charge < -0.3 is 15.7 Å². The van der Waals surface area contributed by atoms with Gasteiger partial charge in [0.2, 0.25) is 0 Å². The van der Waals surface area contributed by atoms with E-state index in [1.807, 2.05) is 0 Å². The summed E-state index contributed by atoms with van der Waals surface area (Å²) < 4.78 is 62.7. The largest absolute Gasteiger partial charge is 0.405 e. The first-order valence-corrected chi connectivity index (χ1v) is 4.91. The molecule has 102 valence electrons. The number of rotatable bonds is 4. The van der Waals surface area contributed by atoms with E-state index in [2.05, 4.69) is 0 Å². The van der Waals surface area contributed by atoms with Crippen molar-refractivity contribution in [3.63, 3.8) is 0 Å². The van der Waals surface area contributed by atoms with Crippen LogP contribution in [0.3, 0.4) is 0 Å². The molecule has 0 spiro atoms. The van der Waals surface area contributed by atoms with Crippen LogP contribution in [-0.4, -0.2) is 31.0 Å². The van der Waals surface area contributed by atoms with Crippen LogP contribution in [0.25, 0.3) is 0 Å². The zero-order valence-corrected chi connectivity index (χ0v) is 9.14. The van der Waals surface area contributed by atoms with Crippen molar-refractivity contribution in [2.24, 2.45) is 0 Å².